The molecule has 3 aromatic heterocycles. The van der Waals surface area contributed by atoms with Gasteiger partial charge in [0.1, 0.15) is 11.3 Å². The lowest BCUT2D eigenvalue weighted by Crippen LogP contribution is -2.36. The summed E-state index contributed by atoms with van der Waals surface area (Å²) < 4.78 is 6.12. The summed E-state index contributed by atoms with van der Waals surface area (Å²) in [6, 6.07) is 14.5. The van der Waals surface area contributed by atoms with E-state index in [1.165, 1.54) is 16.6 Å². The smallest absolute Gasteiger partial charge is 0.134 e. The number of imidazole rings is 1. The Kier molecular flexibility index (Phi) is 4.02. The highest BCUT2D eigenvalue weighted by Crippen LogP contribution is 2.36. The fourth-order valence-electron chi connectivity index (χ4n) is 4.17. The Morgan fingerprint density at radius 3 is 2.89 bits per heavy atom. The van der Waals surface area contributed by atoms with Crippen LogP contribution in [0.2, 0.25) is 0 Å². The summed E-state index contributed by atoms with van der Waals surface area (Å²) in [4.78, 5) is 15.1. The summed E-state index contributed by atoms with van der Waals surface area (Å²) in [7, 11) is 0. The van der Waals surface area contributed by atoms with Crippen LogP contribution in [0.1, 0.15) is 41.4 Å². The molecule has 5 nitrogen and oxygen atoms in total. The number of hydrogen-bond donors (Lipinski definition) is 1. The van der Waals surface area contributed by atoms with E-state index in [0.717, 1.165) is 48.7 Å². The standard InChI is InChI=1S/C22H22N4O/c1-2-19-16(15-7-3-4-9-20(15)27-19)13-26-12-10-17-21(25-14-24-17)22(26)18-8-5-6-11-23-18/h3-9,11,14,22H,2,10,12-13H2,1H3,(H,24,25)/t22-/m1/s1. The molecule has 0 amide bonds. The molecule has 5 rings (SSSR count). The Hall–Kier alpha value is -2.92. The van der Waals surface area contributed by atoms with E-state index in [9.17, 15) is 0 Å². The van der Waals surface area contributed by atoms with Gasteiger partial charge in [-0.2, -0.15) is 0 Å². The summed E-state index contributed by atoms with van der Waals surface area (Å²) in [6.45, 7) is 3.94. The highest BCUT2D eigenvalue weighted by Gasteiger charge is 2.32. The van der Waals surface area contributed by atoms with Crippen molar-refractivity contribution in [1.29, 1.82) is 0 Å². The molecule has 0 unspecified atom stereocenters. The van der Waals surface area contributed by atoms with Crippen molar-refractivity contribution in [2.24, 2.45) is 0 Å². The van der Waals surface area contributed by atoms with Gasteiger partial charge in [0, 0.05) is 48.8 Å². The molecule has 4 aromatic rings. The molecule has 5 heteroatoms. The van der Waals surface area contributed by atoms with Crippen molar-refractivity contribution in [1.82, 2.24) is 19.9 Å². The van der Waals surface area contributed by atoms with Crippen LogP contribution in [-0.4, -0.2) is 26.4 Å². The van der Waals surface area contributed by atoms with Crippen LogP contribution in [0.4, 0.5) is 0 Å². The molecule has 1 aliphatic heterocycles. The number of H-pyrrole nitrogens is 1. The average molecular weight is 358 g/mol. The maximum atomic E-state index is 6.12. The first-order chi connectivity index (χ1) is 13.3. The van der Waals surface area contributed by atoms with Gasteiger partial charge in [-0.1, -0.05) is 31.2 Å². The first-order valence-corrected chi connectivity index (χ1v) is 9.51. The normalized spacial score (nSPS) is 17.3. The largest absolute Gasteiger partial charge is 0.461 e. The summed E-state index contributed by atoms with van der Waals surface area (Å²) in [6.07, 6.45) is 5.52. The molecule has 0 bridgehead atoms. The maximum absolute atomic E-state index is 6.12. The molecule has 0 spiro atoms. The van der Waals surface area contributed by atoms with Crippen molar-refractivity contribution in [3.63, 3.8) is 0 Å². The number of aryl methyl sites for hydroxylation is 1. The average Bonchev–Trinajstić information content (AvgIpc) is 3.33. The van der Waals surface area contributed by atoms with Gasteiger partial charge in [0.05, 0.1) is 23.8 Å². The number of nitrogens with one attached hydrogen (secondary N) is 1. The fraction of sp³-hybridized carbons (Fsp3) is 0.273. The maximum Gasteiger partial charge on any atom is 0.134 e. The predicted molar refractivity (Wildman–Crippen MR) is 104 cm³/mol. The minimum atomic E-state index is 0.0552. The van der Waals surface area contributed by atoms with E-state index in [0.29, 0.717) is 0 Å². The first kappa shape index (κ1) is 16.3. The zero-order valence-corrected chi connectivity index (χ0v) is 15.4. The third-order valence-electron chi connectivity index (χ3n) is 5.46. The van der Waals surface area contributed by atoms with Gasteiger partial charge in [-0.05, 0) is 18.2 Å². The molecule has 0 fully saturated rings. The van der Waals surface area contributed by atoms with Crippen molar-refractivity contribution in [2.75, 3.05) is 6.54 Å². The molecule has 4 heterocycles. The van der Waals surface area contributed by atoms with E-state index in [4.69, 9.17) is 4.42 Å². The molecule has 1 N–H and O–H groups in total. The summed E-state index contributed by atoms with van der Waals surface area (Å²) in [5, 5.41) is 1.21. The lowest BCUT2D eigenvalue weighted by Gasteiger charge is -2.34. The van der Waals surface area contributed by atoms with Gasteiger partial charge >= 0.3 is 0 Å². The number of benzene rings is 1. The van der Waals surface area contributed by atoms with Gasteiger partial charge in [-0.3, -0.25) is 9.88 Å². The third kappa shape index (κ3) is 2.75. The van der Waals surface area contributed by atoms with E-state index >= 15 is 0 Å². The van der Waals surface area contributed by atoms with Gasteiger partial charge in [-0.15, -0.1) is 0 Å². The minimum absolute atomic E-state index is 0.0552. The predicted octanol–water partition coefficient (Wildman–Crippen LogP) is 4.26. The van der Waals surface area contributed by atoms with E-state index < -0.39 is 0 Å². The number of aromatic nitrogens is 3. The van der Waals surface area contributed by atoms with Crippen LogP contribution in [0.5, 0.6) is 0 Å². The molecule has 0 radical (unpaired) electrons. The van der Waals surface area contributed by atoms with Crippen LogP contribution < -0.4 is 0 Å². The van der Waals surface area contributed by atoms with Gasteiger partial charge < -0.3 is 9.40 Å². The molecule has 0 saturated heterocycles. The number of nitrogens with zero attached hydrogens (tertiary/aromatic N) is 3. The zero-order chi connectivity index (χ0) is 18.2. The van der Waals surface area contributed by atoms with Gasteiger partial charge in [-0.25, -0.2) is 4.98 Å². The molecule has 1 aliphatic rings. The molecule has 1 aromatic carbocycles. The van der Waals surface area contributed by atoms with Crippen LogP contribution >= 0.6 is 0 Å². The Morgan fingerprint density at radius 2 is 2.04 bits per heavy atom. The third-order valence-corrected chi connectivity index (χ3v) is 5.46. The number of hydrogen-bond acceptors (Lipinski definition) is 4. The molecule has 27 heavy (non-hydrogen) atoms. The highest BCUT2D eigenvalue weighted by molar-refractivity contribution is 5.82. The number of fused-ring (bicyclic) bond motifs is 2. The number of aromatic amines is 1. The number of furan rings is 1. The number of para-hydroxylation sites is 1. The minimum Gasteiger partial charge on any atom is -0.461 e. The highest BCUT2D eigenvalue weighted by atomic mass is 16.3. The van der Waals surface area contributed by atoms with E-state index in [1.54, 1.807) is 6.33 Å². The quantitative estimate of drug-likeness (QED) is 0.592. The Bertz CT molecular complexity index is 1070. The van der Waals surface area contributed by atoms with Crippen LogP contribution in [0.25, 0.3) is 11.0 Å². The summed E-state index contributed by atoms with van der Waals surface area (Å²) in [5.41, 5.74) is 5.60. The van der Waals surface area contributed by atoms with Crippen LogP contribution in [-0.2, 0) is 19.4 Å². The van der Waals surface area contributed by atoms with Crippen LogP contribution in [0, 0.1) is 0 Å². The van der Waals surface area contributed by atoms with E-state index in [2.05, 4.69) is 51.0 Å². The van der Waals surface area contributed by atoms with Crippen molar-refractivity contribution in [2.45, 2.75) is 32.4 Å². The van der Waals surface area contributed by atoms with Crippen molar-refractivity contribution < 1.29 is 4.42 Å². The van der Waals surface area contributed by atoms with Crippen molar-refractivity contribution in [3.8, 4) is 0 Å². The zero-order valence-electron chi connectivity index (χ0n) is 15.4. The Balaban J connectivity index is 1.59. The fourth-order valence-corrected chi connectivity index (χ4v) is 4.17. The lowest BCUT2D eigenvalue weighted by atomic mass is 9.97. The molecular formula is C22H22N4O. The van der Waals surface area contributed by atoms with Crippen molar-refractivity contribution in [3.05, 3.63) is 83.4 Å². The second kappa shape index (κ2) is 6.67. The second-order valence-electron chi connectivity index (χ2n) is 7.00. The first-order valence-electron chi connectivity index (χ1n) is 9.51. The van der Waals surface area contributed by atoms with Gasteiger partial charge in [0.2, 0.25) is 0 Å². The Morgan fingerprint density at radius 1 is 1.15 bits per heavy atom. The molecule has 1 atom stereocenters. The monoisotopic (exact) mass is 358 g/mol. The number of pyridine rings is 1. The van der Waals surface area contributed by atoms with Crippen LogP contribution in [0.3, 0.4) is 0 Å². The summed E-state index contributed by atoms with van der Waals surface area (Å²) >= 11 is 0. The molecular weight excluding hydrogens is 336 g/mol. The molecule has 0 saturated carbocycles. The second-order valence-corrected chi connectivity index (χ2v) is 7.00. The SMILES string of the molecule is CCc1oc2ccccc2c1CN1CCc2[nH]cnc2[C@H]1c1ccccn1. The molecule has 136 valence electrons. The van der Waals surface area contributed by atoms with Crippen LogP contribution in [0.15, 0.2) is 59.4 Å². The lowest BCUT2D eigenvalue weighted by molar-refractivity contribution is 0.196. The topological polar surface area (TPSA) is 58.0 Å². The summed E-state index contributed by atoms with van der Waals surface area (Å²) in [5.74, 6) is 1.07. The Labute approximate surface area is 158 Å². The van der Waals surface area contributed by atoms with E-state index in [1.807, 2.05) is 24.4 Å². The number of rotatable bonds is 4. The van der Waals surface area contributed by atoms with E-state index in [-0.39, 0.29) is 6.04 Å². The van der Waals surface area contributed by atoms with Gasteiger partial charge in [0.15, 0.2) is 0 Å². The van der Waals surface area contributed by atoms with Gasteiger partial charge in [0.25, 0.3) is 0 Å². The molecule has 0 aliphatic carbocycles. The van der Waals surface area contributed by atoms with Crippen molar-refractivity contribution >= 4 is 11.0 Å².